The Hall–Kier alpha value is -3.03. The summed E-state index contributed by atoms with van der Waals surface area (Å²) in [6.45, 7) is 7.30. The van der Waals surface area contributed by atoms with Crippen molar-refractivity contribution in [1.82, 2.24) is 14.8 Å². The van der Waals surface area contributed by atoms with Crippen molar-refractivity contribution >= 4 is 34.6 Å². The predicted octanol–water partition coefficient (Wildman–Crippen LogP) is 3.66. The molecular weight excluding hydrogens is 384 g/mol. The zero-order valence-electron chi connectivity index (χ0n) is 17.7. The van der Waals surface area contributed by atoms with Crippen LogP contribution in [0.5, 0.6) is 0 Å². The van der Waals surface area contributed by atoms with E-state index in [9.17, 15) is 14.4 Å². The van der Waals surface area contributed by atoms with Crippen molar-refractivity contribution in [2.45, 2.75) is 51.7 Å². The molecule has 1 aromatic carbocycles. The lowest BCUT2D eigenvalue weighted by Crippen LogP contribution is -2.49. The number of rotatable bonds is 2. The van der Waals surface area contributed by atoms with E-state index in [0.29, 0.717) is 26.1 Å². The molecule has 30 heavy (non-hydrogen) atoms. The second kappa shape index (κ2) is 7.66. The Balaban J connectivity index is 1.49. The van der Waals surface area contributed by atoms with Gasteiger partial charge in [-0.3, -0.25) is 15.0 Å². The van der Waals surface area contributed by atoms with E-state index in [-0.39, 0.29) is 24.1 Å². The molecule has 0 aliphatic carbocycles. The van der Waals surface area contributed by atoms with Crippen LogP contribution in [0.1, 0.15) is 46.1 Å². The molecule has 4 rings (SSSR count). The smallest absolute Gasteiger partial charge is 0.410 e. The van der Waals surface area contributed by atoms with Crippen LogP contribution in [0, 0.1) is 0 Å². The molecule has 8 nitrogen and oxygen atoms in total. The highest BCUT2D eigenvalue weighted by Crippen LogP contribution is 2.31. The van der Waals surface area contributed by atoms with Crippen molar-refractivity contribution < 1.29 is 19.1 Å². The number of aromatic nitrogens is 1. The molecule has 160 valence electrons. The molecule has 2 aromatic rings. The number of carbonyl (C=O) groups excluding carboxylic acids is 3. The van der Waals surface area contributed by atoms with Crippen LogP contribution in [0.4, 0.5) is 15.3 Å². The van der Waals surface area contributed by atoms with Gasteiger partial charge in [0.2, 0.25) is 5.91 Å². The molecule has 0 radical (unpaired) electrons. The SMILES string of the molecule is CC(C)(C)OC(=O)N1CCC(n2ccc3ccc(N4CCC(=O)NC4=O)cc32)CC1. The summed E-state index contributed by atoms with van der Waals surface area (Å²) >= 11 is 0. The van der Waals surface area contributed by atoms with Gasteiger partial charge >= 0.3 is 12.1 Å². The molecule has 8 heteroatoms. The average Bonchev–Trinajstić information content (AvgIpc) is 3.10. The fraction of sp³-hybridized carbons (Fsp3) is 0.500. The minimum Gasteiger partial charge on any atom is -0.444 e. The van der Waals surface area contributed by atoms with Crippen LogP contribution in [-0.4, -0.2) is 52.7 Å². The molecule has 1 aromatic heterocycles. The fourth-order valence-corrected chi connectivity index (χ4v) is 4.09. The number of amides is 4. The van der Waals surface area contributed by atoms with Crippen molar-refractivity contribution in [3.63, 3.8) is 0 Å². The summed E-state index contributed by atoms with van der Waals surface area (Å²) in [6, 6.07) is 7.88. The zero-order chi connectivity index (χ0) is 21.5. The third-order valence-electron chi connectivity index (χ3n) is 5.58. The van der Waals surface area contributed by atoms with Crippen molar-refractivity contribution in [2.24, 2.45) is 0 Å². The maximum absolute atomic E-state index is 12.3. The van der Waals surface area contributed by atoms with Gasteiger partial charge in [-0.25, -0.2) is 9.59 Å². The van der Waals surface area contributed by atoms with Gasteiger partial charge in [-0.05, 0) is 57.2 Å². The molecule has 2 saturated heterocycles. The van der Waals surface area contributed by atoms with E-state index in [4.69, 9.17) is 4.74 Å². The summed E-state index contributed by atoms with van der Waals surface area (Å²) in [5.74, 6) is -0.238. The van der Waals surface area contributed by atoms with Crippen LogP contribution in [0.15, 0.2) is 30.5 Å². The van der Waals surface area contributed by atoms with Gasteiger partial charge in [0.15, 0.2) is 0 Å². The highest BCUT2D eigenvalue weighted by molar-refractivity contribution is 6.06. The summed E-state index contributed by atoms with van der Waals surface area (Å²) in [6.07, 6.45) is 3.79. The number of carbonyl (C=O) groups is 3. The molecule has 2 aliphatic rings. The van der Waals surface area contributed by atoms with Gasteiger partial charge in [-0.2, -0.15) is 0 Å². The van der Waals surface area contributed by atoms with Gasteiger partial charge in [-0.1, -0.05) is 6.07 Å². The van der Waals surface area contributed by atoms with Crippen molar-refractivity contribution in [1.29, 1.82) is 0 Å². The van der Waals surface area contributed by atoms with E-state index < -0.39 is 5.60 Å². The second-order valence-corrected chi connectivity index (χ2v) is 8.92. The van der Waals surface area contributed by atoms with Crippen molar-refractivity contribution in [3.05, 3.63) is 30.5 Å². The largest absolute Gasteiger partial charge is 0.444 e. The molecule has 3 heterocycles. The molecule has 1 N–H and O–H groups in total. The number of imide groups is 1. The molecule has 2 fully saturated rings. The minimum atomic E-state index is -0.494. The first-order valence-electron chi connectivity index (χ1n) is 10.4. The Morgan fingerprint density at radius 1 is 1.10 bits per heavy atom. The van der Waals surface area contributed by atoms with Gasteiger partial charge in [0.1, 0.15) is 5.60 Å². The third-order valence-corrected chi connectivity index (χ3v) is 5.58. The van der Waals surface area contributed by atoms with E-state index in [2.05, 4.69) is 22.1 Å². The van der Waals surface area contributed by atoms with Crippen LogP contribution in [0.25, 0.3) is 10.9 Å². The van der Waals surface area contributed by atoms with Gasteiger partial charge in [-0.15, -0.1) is 0 Å². The number of urea groups is 1. The fourth-order valence-electron chi connectivity index (χ4n) is 4.09. The molecule has 0 bridgehead atoms. The van der Waals surface area contributed by atoms with E-state index >= 15 is 0 Å². The van der Waals surface area contributed by atoms with Crippen LogP contribution < -0.4 is 10.2 Å². The lowest BCUT2D eigenvalue weighted by atomic mass is 10.0. The number of piperidine rings is 1. The average molecular weight is 412 g/mol. The Kier molecular flexibility index (Phi) is 5.17. The van der Waals surface area contributed by atoms with Crippen LogP contribution in [-0.2, 0) is 9.53 Å². The minimum absolute atomic E-state index is 0.238. The Morgan fingerprint density at radius 3 is 2.50 bits per heavy atom. The molecule has 0 unspecified atom stereocenters. The quantitative estimate of drug-likeness (QED) is 0.816. The van der Waals surface area contributed by atoms with Crippen LogP contribution >= 0.6 is 0 Å². The number of hydrogen-bond donors (Lipinski definition) is 1. The standard InChI is InChI=1S/C22H28N4O4/c1-22(2,3)30-21(29)24-10-7-16(8-11-24)25-12-6-15-4-5-17(14-18(15)25)26-13-9-19(27)23-20(26)28/h4-6,12,14,16H,7-11,13H2,1-3H3,(H,23,27,28). The first-order valence-corrected chi connectivity index (χ1v) is 10.4. The van der Waals surface area contributed by atoms with Gasteiger partial charge in [0, 0.05) is 44.0 Å². The number of benzene rings is 1. The van der Waals surface area contributed by atoms with E-state index in [1.807, 2.05) is 39.0 Å². The Bertz CT molecular complexity index is 983. The number of likely N-dealkylation sites (tertiary alicyclic amines) is 1. The summed E-state index contributed by atoms with van der Waals surface area (Å²) in [5.41, 5.74) is 1.33. The predicted molar refractivity (Wildman–Crippen MR) is 114 cm³/mol. The lowest BCUT2D eigenvalue weighted by molar-refractivity contribution is -0.120. The Morgan fingerprint density at radius 2 is 1.83 bits per heavy atom. The maximum Gasteiger partial charge on any atom is 0.410 e. The topological polar surface area (TPSA) is 83.9 Å². The maximum atomic E-state index is 12.3. The van der Waals surface area contributed by atoms with E-state index in [1.54, 1.807) is 9.80 Å². The highest BCUT2D eigenvalue weighted by atomic mass is 16.6. The van der Waals surface area contributed by atoms with Gasteiger partial charge in [0.25, 0.3) is 0 Å². The third kappa shape index (κ3) is 4.13. The number of anilines is 1. The van der Waals surface area contributed by atoms with Gasteiger partial charge < -0.3 is 14.2 Å². The first kappa shape index (κ1) is 20.3. The highest BCUT2D eigenvalue weighted by Gasteiger charge is 2.28. The summed E-state index contributed by atoms with van der Waals surface area (Å²) in [7, 11) is 0. The van der Waals surface area contributed by atoms with Crippen molar-refractivity contribution in [2.75, 3.05) is 24.5 Å². The zero-order valence-corrected chi connectivity index (χ0v) is 17.7. The van der Waals surface area contributed by atoms with E-state index in [1.165, 1.54) is 0 Å². The summed E-state index contributed by atoms with van der Waals surface area (Å²) in [5, 5.41) is 3.47. The number of nitrogens with one attached hydrogen (secondary N) is 1. The number of ether oxygens (including phenoxy) is 1. The molecule has 0 spiro atoms. The second-order valence-electron chi connectivity index (χ2n) is 8.92. The number of fused-ring (bicyclic) bond motifs is 1. The normalized spacial score (nSPS) is 18.6. The number of hydrogen-bond acceptors (Lipinski definition) is 4. The monoisotopic (exact) mass is 412 g/mol. The first-order chi connectivity index (χ1) is 14.2. The number of nitrogens with zero attached hydrogens (tertiary/aromatic N) is 3. The lowest BCUT2D eigenvalue weighted by Gasteiger charge is -2.34. The van der Waals surface area contributed by atoms with Crippen molar-refractivity contribution in [3.8, 4) is 0 Å². The summed E-state index contributed by atoms with van der Waals surface area (Å²) < 4.78 is 7.72. The molecular formula is C22H28N4O4. The Labute approximate surface area is 175 Å². The molecule has 4 amide bonds. The molecule has 2 aliphatic heterocycles. The van der Waals surface area contributed by atoms with E-state index in [0.717, 1.165) is 29.4 Å². The molecule has 0 saturated carbocycles. The summed E-state index contributed by atoms with van der Waals surface area (Å²) in [4.78, 5) is 39.3. The van der Waals surface area contributed by atoms with Crippen LogP contribution in [0.2, 0.25) is 0 Å². The van der Waals surface area contributed by atoms with Gasteiger partial charge in [0.05, 0.1) is 5.52 Å². The molecule has 0 atom stereocenters. The van der Waals surface area contributed by atoms with Crippen LogP contribution in [0.3, 0.4) is 0 Å².